The Labute approximate surface area is 103 Å². The maximum Gasteiger partial charge on any atom is 0.115 e. The van der Waals surface area contributed by atoms with Gasteiger partial charge in [-0.25, -0.2) is 0 Å². The molecule has 0 bridgehead atoms. The van der Waals surface area contributed by atoms with E-state index in [0.29, 0.717) is 5.75 Å². The number of nitrogens with zero attached hydrogens (tertiary/aromatic N) is 1. The first-order valence-corrected chi connectivity index (χ1v) is 6.33. The van der Waals surface area contributed by atoms with Crippen LogP contribution in [0.5, 0.6) is 5.75 Å². The summed E-state index contributed by atoms with van der Waals surface area (Å²) in [6.07, 6.45) is 4.16. The summed E-state index contributed by atoms with van der Waals surface area (Å²) in [6.45, 7) is 0.821. The van der Waals surface area contributed by atoms with Gasteiger partial charge in [-0.1, -0.05) is 25.0 Å². The minimum absolute atomic E-state index is 0.189. The summed E-state index contributed by atoms with van der Waals surface area (Å²) in [5.41, 5.74) is 1.17. The van der Waals surface area contributed by atoms with Crippen molar-refractivity contribution in [3.8, 4) is 5.75 Å². The number of likely N-dealkylation sites (N-methyl/N-ethyl adjacent to an activating group) is 1. The predicted molar refractivity (Wildman–Crippen MR) is 67.8 cm³/mol. The van der Waals surface area contributed by atoms with E-state index in [1.54, 1.807) is 12.1 Å². The summed E-state index contributed by atoms with van der Waals surface area (Å²) in [4.78, 5) is 2.22. The van der Waals surface area contributed by atoms with Crippen LogP contribution in [0.2, 0.25) is 0 Å². The lowest BCUT2D eigenvalue weighted by Crippen LogP contribution is -2.42. The number of aromatic hydroxyl groups is 1. The van der Waals surface area contributed by atoms with Crippen LogP contribution in [-0.4, -0.2) is 34.3 Å². The molecule has 0 aromatic heterocycles. The standard InChI is InChI=1S/C14H21NO2/c1-15(13-4-2-3-5-14(13)17)10-11-6-8-12(16)9-7-11/h6-9,13-14,16-17H,2-5,10H2,1H3. The number of hydrogen-bond donors (Lipinski definition) is 2. The zero-order valence-corrected chi connectivity index (χ0v) is 10.3. The third kappa shape index (κ3) is 3.20. The molecule has 3 nitrogen and oxygen atoms in total. The van der Waals surface area contributed by atoms with Crippen molar-refractivity contribution >= 4 is 0 Å². The van der Waals surface area contributed by atoms with Crippen LogP contribution >= 0.6 is 0 Å². The van der Waals surface area contributed by atoms with Crippen LogP contribution in [0, 0.1) is 0 Å². The van der Waals surface area contributed by atoms with Crippen molar-refractivity contribution in [2.75, 3.05) is 7.05 Å². The molecule has 94 valence electrons. The fourth-order valence-electron chi connectivity index (χ4n) is 2.61. The van der Waals surface area contributed by atoms with E-state index in [0.717, 1.165) is 25.8 Å². The van der Waals surface area contributed by atoms with Crippen LogP contribution in [0.4, 0.5) is 0 Å². The second kappa shape index (κ2) is 5.52. The third-order valence-corrected chi connectivity index (χ3v) is 3.63. The molecule has 0 radical (unpaired) electrons. The molecule has 2 unspecified atom stereocenters. The Hall–Kier alpha value is -1.06. The van der Waals surface area contributed by atoms with Gasteiger partial charge in [0.05, 0.1) is 6.10 Å². The van der Waals surface area contributed by atoms with Gasteiger partial charge in [0.15, 0.2) is 0 Å². The van der Waals surface area contributed by atoms with Crippen LogP contribution in [0.25, 0.3) is 0 Å². The lowest BCUT2D eigenvalue weighted by Gasteiger charge is -2.35. The van der Waals surface area contributed by atoms with Gasteiger partial charge in [-0.2, -0.15) is 0 Å². The number of rotatable bonds is 3. The predicted octanol–water partition coefficient (Wildman–Crippen LogP) is 2.13. The van der Waals surface area contributed by atoms with Crippen molar-refractivity contribution in [3.05, 3.63) is 29.8 Å². The van der Waals surface area contributed by atoms with Crippen molar-refractivity contribution in [1.82, 2.24) is 4.90 Å². The van der Waals surface area contributed by atoms with E-state index < -0.39 is 0 Å². The van der Waals surface area contributed by atoms with E-state index in [9.17, 15) is 10.2 Å². The molecule has 2 N–H and O–H groups in total. The summed E-state index contributed by atoms with van der Waals surface area (Å²) in [7, 11) is 2.06. The second-order valence-electron chi connectivity index (χ2n) is 5.00. The Bertz CT molecular complexity index is 350. The largest absolute Gasteiger partial charge is 0.508 e. The Kier molecular flexibility index (Phi) is 4.02. The molecule has 0 heterocycles. The van der Waals surface area contributed by atoms with E-state index >= 15 is 0 Å². The number of benzene rings is 1. The first-order valence-electron chi connectivity index (χ1n) is 6.33. The van der Waals surface area contributed by atoms with E-state index in [1.165, 1.54) is 12.0 Å². The summed E-state index contributed by atoms with van der Waals surface area (Å²) in [6, 6.07) is 7.56. The SMILES string of the molecule is CN(Cc1ccc(O)cc1)C1CCCCC1O. The molecule has 1 fully saturated rings. The van der Waals surface area contributed by atoms with Crippen LogP contribution in [0.15, 0.2) is 24.3 Å². The molecule has 2 rings (SSSR count). The van der Waals surface area contributed by atoms with E-state index in [2.05, 4.69) is 11.9 Å². The van der Waals surface area contributed by atoms with Gasteiger partial charge in [-0.05, 0) is 37.6 Å². The Balaban J connectivity index is 1.95. The number of phenolic OH excluding ortho intramolecular Hbond substituents is 1. The van der Waals surface area contributed by atoms with Gasteiger partial charge in [0, 0.05) is 12.6 Å². The third-order valence-electron chi connectivity index (χ3n) is 3.63. The molecule has 17 heavy (non-hydrogen) atoms. The van der Waals surface area contributed by atoms with E-state index in [4.69, 9.17) is 0 Å². The van der Waals surface area contributed by atoms with Crippen molar-refractivity contribution < 1.29 is 10.2 Å². The highest BCUT2D eigenvalue weighted by atomic mass is 16.3. The average Bonchev–Trinajstić information content (AvgIpc) is 2.32. The summed E-state index contributed by atoms with van der Waals surface area (Å²) >= 11 is 0. The van der Waals surface area contributed by atoms with Gasteiger partial charge in [0.2, 0.25) is 0 Å². The minimum Gasteiger partial charge on any atom is -0.508 e. The van der Waals surface area contributed by atoms with Gasteiger partial charge in [-0.15, -0.1) is 0 Å². The molecular formula is C14H21NO2. The van der Waals surface area contributed by atoms with Crippen molar-refractivity contribution in [3.63, 3.8) is 0 Å². The summed E-state index contributed by atoms with van der Waals surface area (Å²) in [5, 5.41) is 19.2. The molecule has 2 atom stereocenters. The maximum atomic E-state index is 9.98. The molecule has 1 aromatic carbocycles. The molecule has 0 amide bonds. The van der Waals surface area contributed by atoms with Gasteiger partial charge < -0.3 is 10.2 Å². The average molecular weight is 235 g/mol. The van der Waals surface area contributed by atoms with Crippen LogP contribution in [-0.2, 0) is 6.54 Å². The number of hydrogen-bond acceptors (Lipinski definition) is 3. The fraction of sp³-hybridized carbons (Fsp3) is 0.571. The molecule has 1 saturated carbocycles. The van der Waals surface area contributed by atoms with Gasteiger partial charge in [0.1, 0.15) is 5.75 Å². The highest BCUT2D eigenvalue weighted by molar-refractivity contribution is 5.25. The Morgan fingerprint density at radius 1 is 1.18 bits per heavy atom. The highest BCUT2D eigenvalue weighted by Gasteiger charge is 2.26. The summed E-state index contributed by atoms with van der Waals surface area (Å²) < 4.78 is 0. The Morgan fingerprint density at radius 3 is 2.47 bits per heavy atom. The topological polar surface area (TPSA) is 43.7 Å². The van der Waals surface area contributed by atoms with Gasteiger partial charge in [-0.3, -0.25) is 4.90 Å². The van der Waals surface area contributed by atoms with E-state index in [1.807, 2.05) is 12.1 Å². The maximum absolute atomic E-state index is 9.98. The number of phenols is 1. The molecule has 0 saturated heterocycles. The Morgan fingerprint density at radius 2 is 1.82 bits per heavy atom. The first kappa shape index (κ1) is 12.4. The van der Waals surface area contributed by atoms with Gasteiger partial charge >= 0.3 is 0 Å². The monoisotopic (exact) mass is 235 g/mol. The second-order valence-corrected chi connectivity index (χ2v) is 5.00. The van der Waals surface area contributed by atoms with Crippen molar-refractivity contribution in [2.45, 2.75) is 44.4 Å². The lowest BCUT2D eigenvalue weighted by molar-refractivity contribution is 0.0288. The fourth-order valence-corrected chi connectivity index (χ4v) is 2.61. The molecule has 3 heteroatoms. The molecule has 1 aromatic rings. The normalized spacial score (nSPS) is 25.1. The molecule has 1 aliphatic carbocycles. The molecule has 1 aliphatic rings. The number of aliphatic hydroxyl groups excluding tert-OH is 1. The van der Waals surface area contributed by atoms with Crippen molar-refractivity contribution in [1.29, 1.82) is 0 Å². The molecular weight excluding hydrogens is 214 g/mol. The minimum atomic E-state index is -0.189. The number of aliphatic hydroxyl groups is 1. The van der Waals surface area contributed by atoms with Crippen molar-refractivity contribution in [2.24, 2.45) is 0 Å². The quantitative estimate of drug-likeness (QED) is 0.843. The first-order chi connectivity index (χ1) is 8.16. The zero-order chi connectivity index (χ0) is 12.3. The van der Waals surface area contributed by atoms with Gasteiger partial charge in [0.25, 0.3) is 0 Å². The van der Waals surface area contributed by atoms with Crippen LogP contribution in [0.3, 0.4) is 0 Å². The smallest absolute Gasteiger partial charge is 0.115 e. The molecule has 0 spiro atoms. The molecule has 0 aliphatic heterocycles. The summed E-state index contributed by atoms with van der Waals surface area (Å²) in [5.74, 6) is 0.300. The highest BCUT2D eigenvalue weighted by Crippen LogP contribution is 2.23. The van der Waals surface area contributed by atoms with E-state index in [-0.39, 0.29) is 12.1 Å². The zero-order valence-electron chi connectivity index (χ0n) is 10.3. The van der Waals surface area contributed by atoms with Crippen LogP contribution in [0.1, 0.15) is 31.2 Å². The lowest BCUT2D eigenvalue weighted by atomic mass is 9.91. The van der Waals surface area contributed by atoms with Crippen LogP contribution < -0.4 is 0 Å².